The van der Waals surface area contributed by atoms with E-state index in [4.69, 9.17) is 0 Å². The average Bonchev–Trinajstić information content (AvgIpc) is 3.65. The largest absolute Gasteiger partial charge is 0.271 e. The number of non-ortho nitro benzene ring substituents is 1. The van der Waals surface area contributed by atoms with Crippen molar-refractivity contribution in [1.82, 2.24) is 10.0 Å². The number of anilines is 1. The molecule has 1 fully saturated rings. The normalized spacial score (nSPS) is 21.9. The summed E-state index contributed by atoms with van der Waals surface area (Å²) in [5, 5.41) is 26.3. The van der Waals surface area contributed by atoms with Crippen molar-refractivity contribution in [3.63, 3.8) is 0 Å². The highest BCUT2D eigenvalue weighted by Gasteiger charge is 2.55. The Bertz CT molecular complexity index is 1530. The highest BCUT2D eigenvalue weighted by Crippen LogP contribution is 2.35. The number of benzene rings is 3. The lowest BCUT2D eigenvalue weighted by Gasteiger charge is -2.25. The summed E-state index contributed by atoms with van der Waals surface area (Å²) in [4.78, 5) is 51.6. The fourth-order valence-corrected chi connectivity index (χ4v) is 5.02. The molecule has 0 aromatic heterocycles. The summed E-state index contributed by atoms with van der Waals surface area (Å²) >= 11 is 0. The zero-order chi connectivity index (χ0) is 27.1. The minimum atomic E-state index is -1.03. The third-order valence-corrected chi connectivity index (χ3v) is 6.93. The Morgan fingerprint density at radius 2 is 1.59 bits per heavy atom. The van der Waals surface area contributed by atoms with Crippen LogP contribution in [0.5, 0.6) is 0 Å². The van der Waals surface area contributed by atoms with E-state index in [1.54, 1.807) is 42.5 Å². The summed E-state index contributed by atoms with van der Waals surface area (Å²) in [7, 11) is 0. The Kier molecular flexibility index (Phi) is 5.91. The van der Waals surface area contributed by atoms with Crippen LogP contribution >= 0.6 is 0 Å². The molecule has 0 radical (unpaired) electrons. The lowest BCUT2D eigenvalue weighted by molar-refractivity contribution is -0.384. The highest BCUT2D eigenvalue weighted by molar-refractivity contribution is 6.25. The molecule has 194 valence electrons. The number of amides is 3. The number of fused-ring (bicyclic) bond motifs is 1. The van der Waals surface area contributed by atoms with E-state index in [1.165, 1.54) is 22.2 Å². The third kappa shape index (κ3) is 4.21. The van der Waals surface area contributed by atoms with Crippen LogP contribution < -0.4 is 4.90 Å². The smallest absolute Gasteiger partial charge is 0.269 e. The van der Waals surface area contributed by atoms with E-state index in [9.17, 15) is 24.5 Å². The van der Waals surface area contributed by atoms with Gasteiger partial charge in [-0.1, -0.05) is 65.9 Å². The van der Waals surface area contributed by atoms with E-state index < -0.39 is 40.8 Å². The van der Waals surface area contributed by atoms with Crippen LogP contribution in [0.1, 0.15) is 23.6 Å². The molecule has 0 bridgehead atoms. The number of carbonyl (C=O) groups excluding carboxylic acids is 3. The second kappa shape index (κ2) is 9.56. The molecule has 0 unspecified atom stereocenters. The first-order valence-electron chi connectivity index (χ1n) is 12.2. The molecule has 3 aromatic rings. The second-order valence-corrected chi connectivity index (χ2v) is 9.26. The molecular formula is C27H21N7O5. The molecule has 0 aliphatic carbocycles. The van der Waals surface area contributed by atoms with Gasteiger partial charge in [-0.05, 0) is 23.3 Å². The standard InChI is InChI=1S/C27H21N7O5/c35-23(16-31-25-24(28-30-31)26(36)32(27(25)37)19-9-5-2-6-10-19)33-22(18-11-13-20(14-12-18)34(38)39)15-21(29-33)17-7-3-1-4-8-17/h1-14,22,24-25H,15-16H2/t22-,24+,25+/m1/s1. The molecule has 3 heterocycles. The fraction of sp³-hybridized carbons (Fsp3) is 0.185. The van der Waals surface area contributed by atoms with Crippen molar-refractivity contribution in [2.75, 3.05) is 11.4 Å². The number of hydrazone groups is 1. The Labute approximate surface area is 222 Å². The summed E-state index contributed by atoms with van der Waals surface area (Å²) in [6.07, 6.45) is 0.389. The van der Waals surface area contributed by atoms with Crippen LogP contribution in [-0.2, 0) is 14.4 Å². The van der Waals surface area contributed by atoms with Gasteiger partial charge in [0.05, 0.1) is 22.4 Å². The predicted molar refractivity (Wildman–Crippen MR) is 138 cm³/mol. The first kappa shape index (κ1) is 24.1. The van der Waals surface area contributed by atoms with E-state index >= 15 is 0 Å². The molecule has 3 aliphatic rings. The molecule has 3 aliphatic heterocycles. The van der Waals surface area contributed by atoms with E-state index in [0.717, 1.165) is 10.5 Å². The average molecular weight is 524 g/mol. The number of hydrogen-bond acceptors (Lipinski definition) is 9. The van der Waals surface area contributed by atoms with Gasteiger partial charge in [-0.2, -0.15) is 10.2 Å². The van der Waals surface area contributed by atoms with Crippen molar-refractivity contribution in [2.45, 2.75) is 24.5 Å². The summed E-state index contributed by atoms with van der Waals surface area (Å²) < 4.78 is 0. The molecule has 1 saturated heterocycles. The molecule has 3 amide bonds. The lowest BCUT2D eigenvalue weighted by atomic mass is 9.98. The molecule has 12 nitrogen and oxygen atoms in total. The fourth-order valence-electron chi connectivity index (χ4n) is 5.02. The molecular weight excluding hydrogens is 502 g/mol. The third-order valence-electron chi connectivity index (χ3n) is 6.93. The minimum absolute atomic E-state index is 0.0604. The number of imide groups is 1. The van der Waals surface area contributed by atoms with E-state index in [-0.39, 0.29) is 12.2 Å². The van der Waals surface area contributed by atoms with Gasteiger partial charge in [0, 0.05) is 18.6 Å². The zero-order valence-corrected chi connectivity index (χ0v) is 20.4. The molecule has 3 aromatic carbocycles. The van der Waals surface area contributed by atoms with Gasteiger partial charge in [-0.3, -0.25) is 29.5 Å². The number of hydrogen-bond donors (Lipinski definition) is 0. The maximum absolute atomic E-state index is 13.6. The molecule has 0 saturated carbocycles. The molecule has 0 N–H and O–H groups in total. The first-order valence-corrected chi connectivity index (χ1v) is 12.2. The van der Waals surface area contributed by atoms with Gasteiger partial charge >= 0.3 is 0 Å². The van der Waals surface area contributed by atoms with Crippen LogP contribution in [0.25, 0.3) is 0 Å². The zero-order valence-electron chi connectivity index (χ0n) is 20.4. The van der Waals surface area contributed by atoms with Crippen molar-refractivity contribution in [1.29, 1.82) is 0 Å². The number of nitro benzene ring substituents is 1. The van der Waals surface area contributed by atoms with Crippen LogP contribution in [0.2, 0.25) is 0 Å². The van der Waals surface area contributed by atoms with Crippen LogP contribution in [0.3, 0.4) is 0 Å². The van der Waals surface area contributed by atoms with Crippen molar-refractivity contribution >= 4 is 34.8 Å². The van der Waals surface area contributed by atoms with Crippen LogP contribution in [0.15, 0.2) is 100 Å². The number of para-hydroxylation sites is 1. The lowest BCUT2D eigenvalue weighted by Crippen LogP contribution is -2.44. The van der Waals surface area contributed by atoms with E-state index in [0.29, 0.717) is 23.4 Å². The van der Waals surface area contributed by atoms with Gasteiger partial charge in [0.15, 0.2) is 12.1 Å². The van der Waals surface area contributed by atoms with Gasteiger partial charge < -0.3 is 0 Å². The molecule has 12 heteroatoms. The Hall–Kier alpha value is -5.26. The number of rotatable bonds is 6. The first-order chi connectivity index (χ1) is 18.9. The Morgan fingerprint density at radius 3 is 2.26 bits per heavy atom. The van der Waals surface area contributed by atoms with Crippen molar-refractivity contribution < 1.29 is 19.3 Å². The summed E-state index contributed by atoms with van der Waals surface area (Å²) in [5.41, 5.74) is 2.56. The summed E-state index contributed by atoms with van der Waals surface area (Å²) in [5.74, 6) is -1.46. The molecule has 6 rings (SSSR count). The van der Waals surface area contributed by atoms with Crippen LogP contribution in [0, 0.1) is 10.1 Å². The topological polar surface area (TPSA) is 141 Å². The van der Waals surface area contributed by atoms with Gasteiger partial charge in [0.25, 0.3) is 23.4 Å². The number of nitro groups is 1. The Morgan fingerprint density at radius 1 is 0.923 bits per heavy atom. The van der Waals surface area contributed by atoms with E-state index in [1.807, 2.05) is 30.3 Å². The second-order valence-electron chi connectivity index (χ2n) is 9.26. The Balaban J connectivity index is 1.26. The minimum Gasteiger partial charge on any atom is -0.271 e. The van der Waals surface area contributed by atoms with Crippen LogP contribution in [0.4, 0.5) is 11.4 Å². The number of carbonyl (C=O) groups is 3. The van der Waals surface area contributed by atoms with Gasteiger partial charge in [0.2, 0.25) is 0 Å². The van der Waals surface area contributed by atoms with Crippen LogP contribution in [-0.4, -0.2) is 57.0 Å². The van der Waals surface area contributed by atoms with Crippen molar-refractivity contribution in [2.24, 2.45) is 15.4 Å². The summed E-state index contributed by atoms with van der Waals surface area (Å²) in [6.45, 7) is -0.332. The monoisotopic (exact) mass is 523 g/mol. The van der Waals surface area contributed by atoms with E-state index in [2.05, 4.69) is 15.4 Å². The molecule has 3 atom stereocenters. The maximum Gasteiger partial charge on any atom is 0.269 e. The highest BCUT2D eigenvalue weighted by atomic mass is 16.6. The number of nitrogens with zero attached hydrogens (tertiary/aromatic N) is 7. The van der Waals surface area contributed by atoms with Crippen molar-refractivity contribution in [3.05, 3.63) is 106 Å². The predicted octanol–water partition coefficient (Wildman–Crippen LogP) is 3.27. The van der Waals surface area contributed by atoms with Gasteiger partial charge in [-0.15, -0.1) is 0 Å². The van der Waals surface area contributed by atoms with Crippen molar-refractivity contribution in [3.8, 4) is 0 Å². The van der Waals surface area contributed by atoms with Gasteiger partial charge in [0.1, 0.15) is 6.54 Å². The maximum atomic E-state index is 13.6. The SMILES string of the molecule is O=C1[C@H]2N=NN(CC(=O)N3N=C(c4ccccc4)C[C@@H]3c3ccc([N+](=O)[O-])cc3)[C@@H]2C(=O)N1c1ccccc1. The molecule has 0 spiro atoms. The van der Waals surface area contributed by atoms with Gasteiger partial charge in [-0.25, -0.2) is 9.91 Å². The summed E-state index contributed by atoms with van der Waals surface area (Å²) in [6, 6.07) is 21.3. The molecule has 39 heavy (non-hydrogen) atoms. The quantitative estimate of drug-likeness (QED) is 0.276.